The first-order valence-corrected chi connectivity index (χ1v) is 9.45. The zero-order valence-electron chi connectivity index (χ0n) is 16.2. The van der Waals surface area contributed by atoms with Crippen molar-refractivity contribution in [2.75, 3.05) is 6.54 Å². The second-order valence-corrected chi connectivity index (χ2v) is 7.19. The van der Waals surface area contributed by atoms with Crippen LogP contribution in [-0.4, -0.2) is 37.4 Å². The van der Waals surface area contributed by atoms with Gasteiger partial charge in [0.15, 0.2) is 0 Å². The maximum atomic E-state index is 12.9. The fourth-order valence-electron chi connectivity index (χ4n) is 3.65. The van der Waals surface area contributed by atoms with Crippen molar-refractivity contribution >= 4 is 5.91 Å². The van der Waals surface area contributed by atoms with Gasteiger partial charge in [-0.3, -0.25) is 9.69 Å². The molecule has 0 aliphatic carbocycles. The number of fused-ring (bicyclic) bond motifs is 1. The Kier molecular flexibility index (Phi) is 5.32. The van der Waals surface area contributed by atoms with E-state index in [1.54, 1.807) is 30.3 Å². The first-order valence-electron chi connectivity index (χ1n) is 9.45. The molecule has 7 nitrogen and oxygen atoms in total. The number of nitrogens with zero attached hydrogens (tertiary/aromatic N) is 4. The molecule has 0 fully saturated rings. The van der Waals surface area contributed by atoms with Crippen LogP contribution in [0.25, 0.3) is 11.1 Å². The van der Waals surface area contributed by atoms with E-state index in [4.69, 9.17) is 5.73 Å². The smallest absolute Gasteiger partial charge is 0.451 e. The van der Waals surface area contributed by atoms with Crippen molar-refractivity contribution in [2.24, 2.45) is 5.73 Å². The molecule has 2 aromatic heterocycles. The predicted molar refractivity (Wildman–Crippen MR) is 105 cm³/mol. The molecule has 1 aromatic carbocycles. The number of rotatable bonds is 4. The van der Waals surface area contributed by atoms with Crippen molar-refractivity contribution < 1.29 is 23.1 Å². The molecule has 0 radical (unpaired) electrons. The molecule has 1 aliphatic heterocycles. The number of hydrogen-bond acceptors (Lipinski definition) is 6. The van der Waals surface area contributed by atoms with Gasteiger partial charge in [-0.25, -0.2) is 15.0 Å². The second kappa shape index (κ2) is 7.95. The molecule has 31 heavy (non-hydrogen) atoms. The second-order valence-electron chi connectivity index (χ2n) is 7.19. The van der Waals surface area contributed by atoms with Gasteiger partial charge in [0.2, 0.25) is 5.82 Å². The van der Waals surface area contributed by atoms with Crippen molar-refractivity contribution in [1.82, 2.24) is 19.9 Å². The van der Waals surface area contributed by atoms with Crippen LogP contribution in [0.5, 0.6) is 5.75 Å². The zero-order chi connectivity index (χ0) is 22.2. The third-order valence-corrected chi connectivity index (χ3v) is 5.06. The lowest BCUT2D eigenvalue weighted by Gasteiger charge is -2.29. The Morgan fingerprint density at radius 3 is 2.65 bits per heavy atom. The Morgan fingerprint density at radius 2 is 1.94 bits per heavy atom. The van der Waals surface area contributed by atoms with E-state index in [0.717, 1.165) is 11.8 Å². The molecule has 0 unspecified atom stereocenters. The summed E-state index contributed by atoms with van der Waals surface area (Å²) in [7, 11) is 0. The molecule has 3 heterocycles. The molecule has 0 bridgehead atoms. The highest BCUT2D eigenvalue weighted by molar-refractivity contribution is 5.93. The third-order valence-electron chi connectivity index (χ3n) is 5.06. The molecule has 0 saturated heterocycles. The Balaban J connectivity index is 1.66. The van der Waals surface area contributed by atoms with Crippen LogP contribution in [0.2, 0.25) is 0 Å². The number of aromatic nitrogens is 3. The van der Waals surface area contributed by atoms with E-state index in [2.05, 4.69) is 15.0 Å². The van der Waals surface area contributed by atoms with Crippen molar-refractivity contribution in [3.63, 3.8) is 0 Å². The zero-order valence-corrected chi connectivity index (χ0v) is 16.2. The van der Waals surface area contributed by atoms with Crippen LogP contribution in [0.4, 0.5) is 13.2 Å². The van der Waals surface area contributed by atoms with Gasteiger partial charge in [0.05, 0.1) is 11.4 Å². The summed E-state index contributed by atoms with van der Waals surface area (Å²) in [5.74, 6) is -1.82. The number of phenolic OH excluding ortho intramolecular Hbond substituents is 1. The highest BCUT2D eigenvalue weighted by Gasteiger charge is 2.34. The normalized spacial score (nSPS) is 14.3. The SMILES string of the molecule is NC(=O)c1cc(-c2ccccc2O)c2c(n1)CN(Cc1ccnc(C(F)(F)F)n1)CC2. The van der Waals surface area contributed by atoms with Crippen LogP contribution >= 0.6 is 0 Å². The largest absolute Gasteiger partial charge is 0.507 e. The molecule has 160 valence electrons. The maximum absolute atomic E-state index is 12.9. The minimum atomic E-state index is -4.62. The fourth-order valence-corrected chi connectivity index (χ4v) is 3.65. The summed E-state index contributed by atoms with van der Waals surface area (Å²) < 4.78 is 38.7. The standard InChI is InChI=1S/C21H18F3N5O2/c22-21(23,24)20-26-7-5-12(27-20)10-29-8-6-13-15(14-3-1-2-4-18(14)30)9-16(19(25)31)28-17(13)11-29/h1-5,7,9,30H,6,8,10-11H2,(H2,25,31). The molecule has 0 spiro atoms. The number of pyridine rings is 1. The first kappa shape index (κ1) is 20.7. The molecule has 0 atom stereocenters. The summed E-state index contributed by atoms with van der Waals surface area (Å²) >= 11 is 0. The lowest BCUT2D eigenvalue weighted by molar-refractivity contribution is -0.145. The van der Waals surface area contributed by atoms with E-state index in [0.29, 0.717) is 36.3 Å². The van der Waals surface area contributed by atoms with Crippen molar-refractivity contribution in [3.8, 4) is 16.9 Å². The van der Waals surface area contributed by atoms with E-state index in [1.165, 1.54) is 6.07 Å². The summed E-state index contributed by atoms with van der Waals surface area (Å²) in [6, 6.07) is 9.75. The average Bonchev–Trinajstić information content (AvgIpc) is 2.73. The minimum absolute atomic E-state index is 0.0558. The van der Waals surface area contributed by atoms with Crippen LogP contribution in [0.3, 0.4) is 0 Å². The molecule has 1 aliphatic rings. The number of hydrogen-bond donors (Lipinski definition) is 2. The van der Waals surface area contributed by atoms with Gasteiger partial charge in [-0.05, 0) is 35.7 Å². The number of carbonyl (C=O) groups is 1. The molecule has 0 saturated carbocycles. The first-order chi connectivity index (χ1) is 14.7. The Bertz CT molecular complexity index is 1150. The van der Waals surface area contributed by atoms with Gasteiger partial charge in [0.25, 0.3) is 5.91 Å². The minimum Gasteiger partial charge on any atom is -0.507 e. The van der Waals surface area contributed by atoms with Gasteiger partial charge >= 0.3 is 6.18 Å². The van der Waals surface area contributed by atoms with Gasteiger partial charge in [0, 0.05) is 31.4 Å². The molecule has 10 heteroatoms. The van der Waals surface area contributed by atoms with Crippen LogP contribution in [-0.2, 0) is 25.7 Å². The molecule has 3 aromatic rings. The number of primary amides is 1. The molecular weight excluding hydrogens is 411 g/mol. The fraction of sp³-hybridized carbons (Fsp3) is 0.238. The summed E-state index contributed by atoms with van der Waals surface area (Å²) in [6.45, 7) is 0.998. The number of benzene rings is 1. The van der Waals surface area contributed by atoms with E-state index < -0.39 is 17.9 Å². The quantitative estimate of drug-likeness (QED) is 0.661. The molecule has 1 amide bonds. The van der Waals surface area contributed by atoms with Gasteiger partial charge in [-0.2, -0.15) is 13.2 Å². The van der Waals surface area contributed by atoms with Crippen molar-refractivity contribution in [1.29, 1.82) is 0 Å². The third kappa shape index (κ3) is 4.33. The van der Waals surface area contributed by atoms with Crippen LogP contribution in [0, 0.1) is 0 Å². The topological polar surface area (TPSA) is 105 Å². The van der Waals surface area contributed by atoms with Gasteiger partial charge < -0.3 is 10.8 Å². The molecule has 3 N–H and O–H groups in total. The van der Waals surface area contributed by atoms with E-state index in [9.17, 15) is 23.1 Å². The molecular formula is C21H18F3N5O2. The van der Waals surface area contributed by atoms with E-state index in [-0.39, 0.29) is 23.7 Å². The van der Waals surface area contributed by atoms with Crippen LogP contribution in [0.1, 0.15) is 33.3 Å². The lowest BCUT2D eigenvalue weighted by atomic mass is 9.92. The molecule has 4 rings (SSSR count). The average molecular weight is 429 g/mol. The number of aromatic hydroxyl groups is 1. The summed E-state index contributed by atoms with van der Waals surface area (Å²) in [4.78, 5) is 25.0. The number of halogens is 3. The highest BCUT2D eigenvalue weighted by Crippen LogP contribution is 2.35. The maximum Gasteiger partial charge on any atom is 0.451 e. The monoisotopic (exact) mass is 429 g/mol. The Hall–Kier alpha value is -3.53. The van der Waals surface area contributed by atoms with Crippen LogP contribution < -0.4 is 5.73 Å². The number of carbonyl (C=O) groups excluding carboxylic acids is 1. The highest BCUT2D eigenvalue weighted by atomic mass is 19.4. The predicted octanol–water partition coefficient (Wildman–Crippen LogP) is 2.92. The lowest BCUT2D eigenvalue weighted by Crippen LogP contribution is -2.32. The van der Waals surface area contributed by atoms with Crippen LogP contribution in [0.15, 0.2) is 42.6 Å². The van der Waals surface area contributed by atoms with Gasteiger partial charge in [-0.15, -0.1) is 0 Å². The number of nitrogens with two attached hydrogens (primary N) is 1. The number of phenols is 1. The Labute approximate surface area is 175 Å². The summed E-state index contributed by atoms with van der Waals surface area (Å²) in [5.41, 5.74) is 8.41. The number of para-hydroxylation sites is 1. The number of alkyl halides is 3. The van der Waals surface area contributed by atoms with E-state index in [1.807, 2.05) is 4.90 Å². The van der Waals surface area contributed by atoms with Gasteiger partial charge in [0.1, 0.15) is 11.4 Å². The summed E-state index contributed by atoms with van der Waals surface area (Å²) in [6.07, 6.45) is -3.00. The number of amides is 1. The van der Waals surface area contributed by atoms with Gasteiger partial charge in [-0.1, -0.05) is 18.2 Å². The Morgan fingerprint density at radius 1 is 1.16 bits per heavy atom. The summed E-state index contributed by atoms with van der Waals surface area (Å²) in [5, 5.41) is 10.3. The van der Waals surface area contributed by atoms with Crippen molar-refractivity contribution in [2.45, 2.75) is 25.7 Å². The van der Waals surface area contributed by atoms with Crippen molar-refractivity contribution in [3.05, 3.63) is 71.1 Å². The van der Waals surface area contributed by atoms with E-state index >= 15 is 0 Å².